The Morgan fingerprint density at radius 3 is 2.53 bits per heavy atom. The Bertz CT molecular complexity index is 357. The first-order valence-electron chi connectivity index (χ1n) is 3.93. The fraction of sp³-hybridized carbons (Fsp3) is 0.222. The van der Waals surface area contributed by atoms with Crippen molar-refractivity contribution in [1.82, 2.24) is 0 Å². The van der Waals surface area contributed by atoms with Gasteiger partial charge in [0.15, 0.2) is 0 Å². The van der Waals surface area contributed by atoms with Crippen LogP contribution < -0.4 is 5.73 Å². The van der Waals surface area contributed by atoms with Gasteiger partial charge in [-0.05, 0) is 17.7 Å². The van der Waals surface area contributed by atoms with Crippen LogP contribution in [0.1, 0.15) is 18.0 Å². The average molecular weight is 271 g/mol. The highest BCUT2D eigenvalue weighted by atomic mass is 35.5. The minimum atomic E-state index is -0.955. The summed E-state index contributed by atoms with van der Waals surface area (Å²) in [6, 6.07) is 4.21. The van der Waals surface area contributed by atoms with E-state index in [1.165, 1.54) is 0 Å². The SMILES string of the molecule is Cl.NC(CC(=O)O)c1ccc(Cl)cc1Cl. The summed E-state index contributed by atoms with van der Waals surface area (Å²) in [5.41, 5.74) is 6.23. The number of carbonyl (C=O) groups is 1. The van der Waals surface area contributed by atoms with Crippen LogP contribution in [-0.4, -0.2) is 11.1 Å². The molecule has 0 spiro atoms. The molecule has 6 heteroatoms. The Kier molecular flexibility index (Phi) is 5.98. The van der Waals surface area contributed by atoms with E-state index in [0.717, 1.165) is 0 Å². The molecule has 0 fully saturated rings. The van der Waals surface area contributed by atoms with Crippen LogP contribution in [0.3, 0.4) is 0 Å². The molecule has 1 atom stereocenters. The first-order chi connectivity index (χ1) is 6.50. The molecule has 1 aromatic carbocycles. The van der Waals surface area contributed by atoms with Gasteiger partial charge in [0.25, 0.3) is 0 Å². The largest absolute Gasteiger partial charge is 0.481 e. The zero-order chi connectivity index (χ0) is 10.7. The molecule has 3 nitrogen and oxygen atoms in total. The van der Waals surface area contributed by atoms with Crippen molar-refractivity contribution in [2.24, 2.45) is 5.73 Å². The Morgan fingerprint density at radius 1 is 1.47 bits per heavy atom. The fourth-order valence-corrected chi connectivity index (χ4v) is 1.65. The van der Waals surface area contributed by atoms with Crippen LogP contribution in [0.2, 0.25) is 10.0 Å². The molecule has 0 aliphatic heterocycles. The summed E-state index contributed by atoms with van der Waals surface area (Å²) >= 11 is 11.5. The Labute approximate surface area is 104 Å². The van der Waals surface area contributed by atoms with E-state index in [2.05, 4.69) is 0 Å². The van der Waals surface area contributed by atoms with Crippen LogP contribution in [0.15, 0.2) is 18.2 Å². The molecule has 1 unspecified atom stereocenters. The van der Waals surface area contributed by atoms with Crippen molar-refractivity contribution < 1.29 is 9.90 Å². The lowest BCUT2D eigenvalue weighted by Gasteiger charge is -2.11. The summed E-state index contributed by atoms with van der Waals surface area (Å²) < 4.78 is 0. The van der Waals surface area contributed by atoms with Crippen molar-refractivity contribution in [1.29, 1.82) is 0 Å². The monoisotopic (exact) mass is 269 g/mol. The van der Waals surface area contributed by atoms with Gasteiger partial charge in [0.05, 0.1) is 6.42 Å². The van der Waals surface area contributed by atoms with Crippen LogP contribution >= 0.6 is 35.6 Å². The Morgan fingerprint density at radius 2 is 2.07 bits per heavy atom. The lowest BCUT2D eigenvalue weighted by atomic mass is 10.1. The van der Waals surface area contributed by atoms with E-state index in [1.807, 2.05) is 0 Å². The van der Waals surface area contributed by atoms with Crippen molar-refractivity contribution in [2.75, 3.05) is 0 Å². The van der Waals surface area contributed by atoms with E-state index in [-0.39, 0.29) is 18.8 Å². The number of benzene rings is 1. The van der Waals surface area contributed by atoms with Crippen molar-refractivity contribution in [3.05, 3.63) is 33.8 Å². The number of carboxylic acid groups (broad SMARTS) is 1. The third kappa shape index (κ3) is 4.26. The van der Waals surface area contributed by atoms with E-state index in [4.69, 9.17) is 34.0 Å². The molecule has 84 valence electrons. The number of halogens is 3. The van der Waals surface area contributed by atoms with Gasteiger partial charge in [-0.1, -0.05) is 29.3 Å². The molecule has 0 saturated carbocycles. The molecule has 1 aromatic rings. The lowest BCUT2D eigenvalue weighted by molar-refractivity contribution is -0.137. The van der Waals surface area contributed by atoms with Gasteiger partial charge < -0.3 is 10.8 Å². The number of carboxylic acids is 1. The first kappa shape index (κ1) is 14.5. The predicted octanol–water partition coefficient (Wildman–Crippen LogP) is 2.89. The maximum Gasteiger partial charge on any atom is 0.305 e. The third-order valence-corrected chi connectivity index (χ3v) is 2.32. The zero-order valence-electron chi connectivity index (χ0n) is 7.61. The lowest BCUT2D eigenvalue weighted by Crippen LogP contribution is -2.15. The van der Waals surface area contributed by atoms with Gasteiger partial charge in [-0.2, -0.15) is 0 Å². The van der Waals surface area contributed by atoms with Crippen LogP contribution in [0.4, 0.5) is 0 Å². The third-order valence-electron chi connectivity index (χ3n) is 1.76. The summed E-state index contributed by atoms with van der Waals surface area (Å²) in [5, 5.41) is 9.44. The van der Waals surface area contributed by atoms with Gasteiger partial charge in [-0.25, -0.2) is 0 Å². The molecular formula is C9H10Cl3NO2. The Hall–Kier alpha value is -0.480. The van der Waals surface area contributed by atoms with Gasteiger partial charge in [0.1, 0.15) is 0 Å². The van der Waals surface area contributed by atoms with E-state index in [9.17, 15) is 4.79 Å². The maximum atomic E-state index is 10.4. The van der Waals surface area contributed by atoms with E-state index in [0.29, 0.717) is 15.6 Å². The minimum Gasteiger partial charge on any atom is -0.481 e. The van der Waals surface area contributed by atoms with E-state index >= 15 is 0 Å². The molecule has 0 aliphatic rings. The molecule has 0 amide bonds. The second kappa shape index (κ2) is 6.18. The smallest absolute Gasteiger partial charge is 0.305 e. The standard InChI is InChI=1S/C9H9Cl2NO2.ClH/c10-5-1-2-6(7(11)3-5)8(12)4-9(13)14;/h1-3,8H,4,12H2,(H,13,14);1H. The predicted molar refractivity (Wildman–Crippen MR) is 62.9 cm³/mol. The van der Waals surface area contributed by atoms with Gasteiger partial charge in [-0.3, -0.25) is 4.79 Å². The first-order valence-corrected chi connectivity index (χ1v) is 4.68. The van der Waals surface area contributed by atoms with E-state index < -0.39 is 12.0 Å². The second-order valence-corrected chi connectivity index (χ2v) is 3.71. The van der Waals surface area contributed by atoms with E-state index in [1.54, 1.807) is 18.2 Å². The highest BCUT2D eigenvalue weighted by Crippen LogP contribution is 2.26. The normalized spacial score (nSPS) is 11.7. The van der Waals surface area contributed by atoms with Gasteiger partial charge in [0.2, 0.25) is 0 Å². The zero-order valence-corrected chi connectivity index (χ0v) is 9.94. The quantitative estimate of drug-likeness (QED) is 0.887. The molecule has 3 N–H and O–H groups in total. The highest BCUT2D eigenvalue weighted by molar-refractivity contribution is 6.35. The van der Waals surface area contributed by atoms with Crippen molar-refractivity contribution in [2.45, 2.75) is 12.5 Å². The number of aliphatic carboxylic acids is 1. The van der Waals surface area contributed by atoms with Crippen molar-refractivity contribution >= 4 is 41.6 Å². The minimum absolute atomic E-state index is 0. The molecular weight excluding hydrogens is 260 g/mol. The summed E-state index contributed by atoms with van der Waals surface area (Å²) in [5.74, 6) is -0.955. The van der Waals surface area contributed by atoms with Crippen LogP contribution in [-0.2, 0) is 4.79 Å². The highest BCUT2D eigenvalue weighted by Gasteiger charge is 2.13. The average Bonchev–Trinajstić information content (AvgIpc) is 2.01. The fourth-order valence-electron chi connectivity index (χ4n) is 1.10. The van der Waals surface area contributed by atoms with Crippen LogP contribution in [0.5, 0.6) is 0 Å². The molecule has 0 saturated heterocycles. The van der Waals surface area contributed by atoms with Crippen LogP contribution in [0, 0.1) is 0 Å². The molecule has 0 aliphatic carbocycles. The van der Waals surface area contributed by atoms with Crippen molar-refractivity contribution in [3.63, 3.8) is 0 Å². The Balaban J connectivity index is 0.00000196. The van der Waals surface area contributed by atoms with Crippen LogP contribution in [0.25, 0.3) is 0 Å². The van der Waals surface area contributed by atoms with Gasteiger partial charge >= 0.3 is 5.97 Å². The topological polar surface area (TPSA) is 63.3 Å². The molecule has 0 heterocycles. The molecule has 1 rings (SSSR count). The van der Waals surface area contributed by atoms with Gasteiger partial charge in [0, 0.05) is 16.1 Å². The molecule has 0 aromatic heterocycles. The maximum absolute atomic E-state index is 10.4. The molecule has 0 bridgehead atoms. The second-order valence-electron chi connectivity index (χ2n) is 2.87. The summed E-state index contributed by atoms with van der Waals surface area (Å²) in [4.78, 5) is 10.4. The number of hydrogen-bond donors (Lipinski definition) is 2. The summed E-state index contributed by atoms with van der Waals surface area (Å²) in [7, 11) is 0. The number of rotatable bonds is 3. The molecule has 0 radical (unpaired) electrons. The summed E-state index contributed by atoms with van der Waals surface area (Å²) in [6.07, 6.45) is -0.151. The summed E-state index contributed by atoms with van der Waals surface area (Å²) in [6.45, 7) is 0. The molecule has 15 heavy (non-hydrogen) atoms. The van der Waals surface area contributed by atoms with Gasteiger partial charge in [-0.15, -0.1) is 12.4 Å². The number of nitrogens with two attached hydrogens (primary N) is 1. The number of hydrogen-bond acceptors (Lipinski definition) is 2. The van der Waals surface area contributed by atoms with Crippen molar-refractivity contribution in [3.8, 4) is 0 Å².